The van der Waals surface area contributed by atoms with Gasteiger partial charge in [0.25, 0.3) is 0 Å². The van der Waals surface area contributed by atoms with Gasteiger partial charge in [0.2, 0.25) is 0 Å². The molecule has 1 aromatic carbocycles. The number of anilines is 1. The molecule has 26 heavy (non-hydrogen) atoms. The van der Waals surface area contributed by atoms with Gasteiger partial charge in [0.15, 0.2) is 0 Å². The summed E-state index contributed by atoms with van der Waals surface area (Å²) in [6.07, 6.45) is 9.12. The van der Waals surface area contributed by atoms with E-state index in [1.807, 2.05) is 18.2 Å². The Kier molecular flexibility index (Phi) is 5.94. The minimum absolute atomic E-state index is 0.336. The van der Waals surface area contributed by atoms with E-state index in [4.69, 9.17) is 9.47 Å². The third kappa shape index (κ3) is 4.07. The number of methoxy groups -OCH3 is 1. The first-order valence-corrected chi connectivity index (χ1v) is 9.04. The number of hydrogen-bond donors (Lipinski definition) is 1. The molecular formula is C20H25N3O3. The van der Waals surface area contributed by atoms with Crippen LogP contribution < -0.4 is 9.64 Å². The van der Waals surface area contributed by atoms with Crippen molar-refractivity contribution in [3.63, 3.8) is 0 Å². The number of aromatic amines is 1. The zero-order valence-corrected chi connectivity index (χ0v) is 15.3. The van der Waals surface area contributed by atoms with Crippen molar-refractivity contribution in [2.24, 2.45) is 0 Å². The van der Waals surface area contributed by atoms with Gasteiger partial charge < -0.3 is 14.5 Å². The fourth-order valence-corrected chi connectivity index (χ4v) is 3.11. The number of aromatic nitrogens is 2. The second kappa shape index (κ2) is 8.56. The van der Waals surface area contributed by atoms with Crippen LogP contribution in [0.15, 0.2) is 30.7 Å². The number of imidazole rings is 1. The summed E-state index contributed by atoms with van der Waals surface area (Å²) in [7, 11) is 1.42. The Hall–Kier alpha value is -2.76. The van der Waals surface area contributed by atoms with Gasteiger partial charge in [-0.15, -0.1) is 0 Å². The van der Waals surface area contributed by atoms with E-state index in [9.17, 15) is 4.79 Å². The maximum absolute atomic E-state index is 12.3. The number of carbonyl (C=O) groups is 1. The molecule has 0 radical (unpaired) electrons. The number of nitrogens with zero attached hydrogens (tertiary/aromatic N) is 2. The molecule has 2 aromatic rings. The van der Waals surface area contributed by atoms with E-state index in [2.05, 4.69) is 23.0 Å². The summed E-state index contributed by atoms with van der Waals surface area (Å²) in [6.45, 7) is 3.43. The van der Waals surface area contributed by atoms with Crippen LogP contribution in [0.5, 0.6) is 5.75 Å². The molecule has 6 nitrogen and oxygen atoms in total. The highest BCUT2D eigenvalue weighted by molar-refractivity contribution is 5.91. The highest BCUT2D eigenvalue weighted by atomic mass is 16.5. The van der Waals surface area contributed by atoms with Crippen LogP contribution in [0.3, 0.4) is 0 Å². The lowest BCUT2D eigenvalue weighted by Gasteiger charge is -2.25. The minimum Gasteiger partial charge on any atom is -0.493 e. The molecule has 1 N–H and O–H groups in total. The van der Waals surface area contributed by atoms with Gasteiger partial charge in [-0.1, -0.05) is 19.8 Å². The van der Waals surface area contributed by atoms with Gasteiger partial charge in [-0.3, -0.25) is 4.90 Å². The standard InChI is InChI=1S/C20H25N3O3/c1-3-4-5-9-23(20(24)25-2)17-6-7-19-18(12-17)15(8-10-26-19)11-16-13-21-14-22-16/h6-7,11-14H,3-5,8-10H2,1-2H3,(H,21,22)/b15-11+. The number of ether oxygens (including phenoxy) is 2. The number of fused-ring (bicyclic) bond motifs is 1. The molecule has 3 rings (SSSR count). The molecule has 0 atom stereocenters. The summed E-state index contributed by atoms with van der Waals surface area (Å²) < 4.78 is 10.8. The molecule has 6 heteroatoms. The van der Waals surface area contributed by atoms with Crippen molar-refractivity contribution in [3.05, 3.63) is 42.0 Å². The van der Waals surface area contributed by atoms with Crippen LogP contribution in [0.1, 0.15) is 43.9 Å². The van der Waals surface area contributed by atoms with Crippen LogP contribution in [0.25, 0.3) is 11.6 Å². The van der Waals surface area contributed by atoms with E-state index >= 15 is 0 Å². The third-order valence-corrected chi connectivity index (χ3v) is 4.48. The van der Waals surface area contributed by atoms with E-state index in [0.717, 1.165) is 54.0 Å². The zero-order chi connectivity index (χ0) is 18.4. The second-order valence-corrected chi connectivity index (χ2v) is 6.28. The van der Waals surface area contributed by atoms with Crippen molar-refractivity contribution < 1.29 is 14.3 Å². The fraction of sp³-hybridized carbons (Fsp3) is 0.400. The molecule has 0 aliphatic carbocycles. The molecule has 1 aliphatic rings. The Morgan fingerprint density at radius 1 is 1.42 bits per heavy atom. The van der Waals surface area contributed by atoms with Crippen molar-refractivity contribution in [2.75, 3.05) is 25.2 Å². The van der Waals surface area contributed by atoms with E-state index in [1.165, 1.54) is 7.11 Å². The maximum Gasteiger partial charge on any atom is 0.413 e. The summed E-state index contributed by atoms with van der Waals surface area (Å²) in [4.78, 5) is 21.1. The van der Waals surface area contributed by atoms with E-state index < -0.39 is 0 Å². The summed E-state index contributed by atoms with van der Waals surface area (Å²) in [5, 5.41) is 0. The first-order chi connectivity index (χ1) is 12.7. The summed E-state index contributed by atoms with van der Waals surface area (Å²) in [5.74, 6) is 0.837. The normalized spacial score (nSPS) is 14.6. The van der Waals surface area contributed by atoms with E-state index in [1.54, 1.807) is 17.4 Å². The van der Waals surface area contributed by atoms with Gasteiger partial charge >= 0.3 is 6.09 Å². The molecule has 0 saturated carbocycles. The minimum atomic E-state index is -0.336. The number of nitrogens with one attached hydrogen (secondary N) is 1. The number of unbranched alkanes of at least 4 members (excludes halogenated alkanes) is 2. The molecule has 0 saturated heterocycles. The average Bonchev–Trinajstić information content (AvgIpc) is 3.18. The van der Waals surface area contributed by atoms with Crippen molar-refractivity contribution in [1.29, 1.82) is 0 Å². The first kappa shape index (κ1) is 18.0. The second-order valence-electron chi connectivity index (χ2n) is 6.28. The number of rotatable bonds is 6. The van der Waals surface area contributed by atoms with Crippen LogP contribution in [0.2, 0.25) is 0 Å². The smallest absolute Gasteiger partial charge is 0.413 e. The Balaban J connectivity index is 1.93. The zero-order valence-electron chi connectivity index (χ0n) is 15.3. The predicted molar refractivity (Wildman–Crippen MR) is 102 cm³/mol. The first-order valence-electron chi connectivity index (χ1n) is 9.04. The lowest BCUT2D eigenvalue weighted by molar-refractivity contribution is 0.178. The number of benzene rings is 1. The molecule has 1 aromatic heterocycles. The topological polar surface area (TPSA) is 67.5 Å². The summed E-state index contributed by atoms with van der Waals surface area (Å²) >= 11 is 0. The molecule has 0 bridgehead atoms. The maximum atomic E-state index is 12.3. The van der Waals surface area contributed by atoms with E-state index in [0.29, 0.717) is 13.2 Å². The Labute approximate surface area is 153 Å². The lowest BCUT2D eigenvalue weighted by Crippen LogP contribution is -2.31. The Bertz CT molecular complexity index is 769. The average molecular weight is 355 g/mol. The number of H-pyrrole nitrogens is 1. The molecule has 0 unspecified atom stereocenters. The molecule has 0 fully saturated rings. The molecular weight excluding hydrogens is 330 g/mol. The number of amides is 1. The van der Waals surface area contributed by atoms with Gasteiger partial charge in [-0.05, 0) is 36.3 Å². The van der Waals surface area contributed by atoms with Gasteiger partial charge in [0.1, 0.15) is 5.75 Å². The fourth-order valence-electron chi connectivity index (χ4n) is 3.11. The summed E-state index contributed by atoms with van der Waals surface area (Å²) in [5.41, 5.74) is 3.95. The lowest BCUT2D eigenvalue weighted by atomic mass is 9.98. The van der Waals surface area contributed by atoms with Crippen LogP contribution in [0.4, 0.5) is 10.5 Å². The largest absolute Gasteiger partial charge is 0.493 e. The van der Waals surface area contributed by atoms with Crippen LogP contribution >= 0.6 is 0 Å². The van der Waals surface area contributed by atoms with Gasteiger partial charge in [0.05, 0.1) is 31.9 Å². The van der Waals surface area contributed by atoms with Crippen molar-refractivity contribution >= 4 is 23.4 Å². The molecule has 138 valence electrons. The SMILES string of the molecule is CCCCCN(C(=O)OC)c1ccc2c(c1)/C(=C/c1cnc[nH]1)CCO2. The van der Waals surface area contributed by atoms with Crippen molar-refractivity contribution in [2.45, 2.75) is 32.6 Å². The van der Waals surface area contributed by atoms with E-state index in [-0.39, 0.29) is 6.09 Å². The van der Waals surface area contributed by atoms with Crippen LogP contribution in [0, 0.1) is 0 Å². The third-order valence-electron chi connectivity index (χ3n) is 4.48. The van der Waals surface area contributed by atoms with Gasteiger partial charge in [-0.25, -0.2) is 9.78 Å². The van der Waals surface area contributed by atoms with Crippen molar-refractivity contribution in [1.82, 2.24) is 9.97 Å². The Morgan fingerprint density at radius 3 is 3.04 bits per heavy atom. The molecule has 1 aliphatic heterocycles. The summed E-state index contributed by atoms with van der Waals surface area (Å²) in [6, 6.07) is 5.86. The van der Waals surface area contributed by atoms with Crippen LogP contribution in [-0.4, -0.2) is 36.3 Å². The predicted octanol–water partition coefficient (Wildman–Crippen LogP) is 4.50. The highest BCUT2D eigenvalue weighted by Gasteiger charge is 2.21. The van der Waals surface area contributed by atoms with Gasteiger partial charge in [0, 0.05) is 24.2 Å². The van der Waals surface area contributed by atoms with Crippen molar-refractivity contribution in [3.8, 4) is 5.75 Å². The Morgan fingerprint density at radius 2 is 2.31 bits per heavy atom. The number of carbonyl (C=O) groups excluding carboxylic acids is 1. The molecule has 2 heterocycles. The molecule has 0 spiro atoms. The molecule has 1 amide bonds. The van der Waals surface area contributed by atoms with Crippen LogP contribution in [-0.2, 0) is 4.74 Å². The highest BCUT2D eigenvalue weighted by Crippen LogP contribution is 2.37. The van der Waals surface area contributed by atoms with Gasteiger partial charge in [-0.2, -0.15) is 0 Å². The monoisotopic (exact) mass is 355 g/mol. The quantitative estimate of drug-likeness (QED) is 0.775. The number of hydrogen-bond acceptors (Lipinski definition) is 4.